The van der Waals surface area contributed by atoms with Crippen molar-refractivity contribution in [3.63, 3.8) is 0 Å². The van der Waals surface area contributed by atoms with Crippen LogP contribution in [0.4, 0.5) is 0 Å². The molecule has 0 aromatic heterocycles. The summed E-state index contributed by atoms with van der Waals surface area (Å²) in [6, 6.07) is 9.58. The Morgan fingerprint density at radius 3 is 2.38 bits per heavy atom. The van der Waals surface area contributed by atoms with Crippen LogP contribution >= 0.6 is 11.8 Å². The lowest BCUT2D eigenvalue weighted by atomic mass is 9.92. The first-order valence-electron chi connectivity index (χ1n) is 11.1. The standard InChI is InChI=1S/C25H29N3O5S/c1-32-21-11-16-10-20(23(26)29)28(14-17(16)12-22(21)33-2)25(31)19(8-9-34-3)27-13-15-6-4-5-7-18(15)24(27)30/h4-7,11-12,19-20H,8-10,13-14H2,1-3H3,(H2,26,29). The second-order valence-corrected chi connectivity index (χ2v) is 9.44. The third-order valence-corrected chi connectivity index (χ3v) is 7.20. The average Bonchev–Trinajstić information content (AvgIpc) is 3.18. The van der Waals surface area contributed by atoms with Crippen molar-refractivity contribution < 1.29 is 23.9 Å². The predicted octanol–water partition coefficient (Wildman–Crippen LogP) is 2.22. The molecule has 2 aliphatic rings. The molecule has 2 heterocycles. The van der Waals surface area contributed by atoms with E-state index in [0.29, 0.717) is 35.8 Å². The summed E-state index contributed by atoms with van der Waals surface area (Å²) < 4.78 is 10.8. The number of benzene rings is 2. The Labute approximate surface area is 203 Å². The van der Waals surface area contributed by atoms with E-state index in [2.05, 4.69) is 0 Å². The third kappa shape index (κ3) is 4.32. The molecule has 2 aromatic carbocycles. The number of nitrogens with two attached hydrogens (primary N) is 1. The summed E-state index contributed by atoms with van der Waals surface area (Å²) in [6.07, 6.45) is 2.73. The molecule has 0 aliphatic carbocycles. The second kappa shape index (κ2) is 9.97. The molecule has 180 valence electrons. The molecule has 2 N–H and O–H groups in total. The maximum atomic E-state index is 13.9. The summed E-state index contributed by atoms with van der Waals surface area (Å²) in [6.45, 7) is 0.573. The van der Waals surface area contributed by atoms with Gasteiger partial charge in [-0.15, -0.1) is 0 Å². The highest BCUT2D eigenvalue weighted by Gasteiger charge is 2.42. The van der Waals surface area contributed by atoms with E-state index in [9.17, 15) is 14.4 Å². The van der Waals surface area contributed by atoms with Gasteiger partial charge in [0, 0.05) is 25.1 Å². The Kier molecular flexibility index (Phi) is 7.02. The number of hydrogen-bond acceptors (Lipinski definition) is 6. The lowest BCUT2D eigenvalue weighted by Gasteiger charge is -2.39. The lowest BCUT2D eigenvalue weighted by molar-refractivity contribution is -0.144. The van der Waals surface area contributed by atoms with E-state index >= 15 is 0 Å². The van der Waals surface area contributed by atoms with Crippen LogP contribution in [0.5, 0.6) is 11.5 Å². The van der Waals surface area contributed by atoms with Crippen LogP contribution in [0.3, 0.4) is 0 Å². The summed E-state index contributed by atoms with van der Waals surface area (Å²) in [5.41, 5.74) is 9.03. The normalized spacial score (nSPS) is 17.7. The Morgan fingerprint density at radius 2 is 1.76 bits per heavy atom. The fourth-order valence-electron chi connectivity index (χ4n) is 4.76. The highest BCUT2D eigenvalue weighted by Crippen LogP contribution is 2.36. The molecule has 2 aromatic rings. The van der Waals surface area contributed by atoms with Crippen LogP contribution in [0.2, 0.25) is 0 Å². The van der Waals surface area contributed by atoms with Gasteiger partial charge in [0.2, 0.25) is 11.8 Å². The molecular weight excluding hydrogens is 454 g/mol. The fraction of sp³-hybridized carbons (Fsp3) is 0.400. The summed E-state index contributed by atoms with van der Waals surface area (Å²) in [5.74, 6) is 0.813. The molecule has 3 amide bonds. The van der Waals surface area contributed by atoms with Crippen LogP contribution in [0.15, 0.2) is 36.4 Å². The number of ether oxygens (including phenoxy) is 2. The monoisotopic (exact) mass is 483 g/mol. The van der Waals surface area contributed by atoms with E-state index in [0.717, 1.165) is 16.7 Å². The van der Waals surface area contributed by atoms with E-state index in [-0.39, 0.29) is 24.8 Å². The summed E-state index contributed by atoms with van der Waals surface area (Å²) in [7, 11) is 3.10. The van der Waals surface area contributed by atoms with E-state index in [4.69, 9.17) is 15.2 Å². The van der Waals surface area contributed by atoms with Gasteiger partial charge in [-0.2, -0.15) is 11.8 Å². The molecule has 2 atom stereocenters. The molecule has 8 nitrogen and oxygen atoms in total. The van der Waals surface area contributed by atoms with E-state index < -0.39 is 18.0 Å². The number of thioether (sulfide) groups is 1. The Morgan fingerprint density at radius 1 is 1.09 bits per heavy atom. The number of fused-ring (bicyclic) bond motifs is 2. The number of hydrogen-bond donors (Lipinski definition) is 1. The Bertz CT molecular complexity index is 1120. The van der Waals surface area contributed by atoms with Crippen LogP contribution in [-0.2, 0) is 29.1 Å². The number of rotatable bonds is 8. The first-order valence-corrected chi connectivity index (χ1v) is 12.5. The van der Waals surface area contributed by atoms with Gasteiger partial charge in [0.05, 0.1) is 14.2 Å². The third-order valence-electron chi connectivity index (χ3n) is 6.55. The molecule has 2 unspecified atom stereocenters. The highest BCUT2D eigenvalue weighted by atomic mass is 32.2. The quantitative estimate of drug-likeness (QED) is 0.618. The van der Waals surface area contributed by atoms with Gasteiger partial charge in [0.15, 0.2) is 11.5 Å². The van der Waals surface area contributed by atoms with E-state index in [1.54, 1.807) is 36.9 Å². The number of methoxy groups -OCH3 is 2. The number of carbonyl (C=O) groups excluding carboxylic acids is 3. The van der Waals surface area contributed by atoms with Crippen LogP contribution in [-0.4, -0.2) is 65.8 Å². The van der Waals surface area contributed by atoms with Gasteiger partial charge in [-0.3, -0.25) is 14.4 Å². The van der Waals surface area contributed by atoms with E-state index in [1.807, 2.05) is 36.6 Å². The van der Waals surface area contributed by atoms with Crippen molar-refractivity contribution in [1.29, 1.82) is 0 Å². The van der Waals surface area contributed by atoms with Gasteiger partial charge in [-0.1, -0.05) is 18.2 Å². The van der Waals surface area contributed by atoms with Crippen molar-refractivity contribution in [1.82, 2.24) is 9.80 Å². The van der Waals surface area contributed by atoms with Crippen molar-refractivity contribution >= 4 is 29.5 Å². The minimum Gasteiger partial charge on any atom is -0.493 e. The second-order valence-electron chi connectivity index (χ2n) is 8.45. The fourth-order valence-corrected chi connectivity index (χ4v) is 5.22. The SMILES string of the molecule is COc1cc2c(cc1OC)CN(C(=O)C(CCSC)N1Cc3ccccc3C1=O)C(C(N)=O)C2. The zero-order valence-electron chi connectivity index (χ0n) is 19.6. The number of nitrogens with zero attached hydrogens (tertiary/aromatic N) is 2. The largest absolute Gasteiger partial charge is 0.493 e. The van der Waals surface area contributed by atoms with Gasteiger partial charge in [-0.05, 0) is 53.3 Å². The van der Waals surface area contributed by atoms with Gasteiger partial charge in [-0.25, -0.2) is 0 Å². The maximum Gasteiger partial charge on any atom is 0.255 e. The molecule has 0 saturated heterocycles. The van der Waals surface area contributed by atoms with Crippen LogP contribution < -0.4 is 15.2 Å². The summed E-state index contributed by atoms with van der Waals surface area (Å²) >= 11 is 1.61. The minimum absolute atomic E-state index is 0.158. The molecule has 0 bridgehead atoms. The van der Waals surface area contributed by atoms with E-state index in [1.165, 1.54) is 4.90 Å². The average molecular weight is 484 g/mol. The van der Waals surface area contributed by atoms with Crippen molar-refractivity contribution in [3.05, 3.63) is 58.7 Å². The lowest BCUT2D eigenvalue weighted by Crippen LogP contribution is -2.57. The first kappa shape index (κ1) is 23.9. The van der Waals surface area contributed by atoms with Crippen molar-refractivity contribution in [2.45, 2.75) is 38.0 Å². The van der Waals surface area contributed by atoms with Crippen molar-refractivity contribution in [2.24, 2.45) is 5.73 Å². The number of amides is 3. The van der Waals surface area contributed by atoms with Gasteiger partial charge < -0.3 is 25.0 Å². The van der Waals surface area contributed by atoms with Gasteiger partial charge in [0.1, 0.15) is 12.1 Å². The minimum atomic E-state index is -0.810. The molecular formula is C25H29N3O5S. The predicted molar refractivity (Wildman–Crippen MR) is 130 cm³/mol. The first-order chi connectivity index (χ1) is 16.4. The van der Waals surface area contributed by atoms with Crippen molar-refractivity contribution in [2.75, 3.05) is 26.2 Å². The Balaban J connectivity index is 1.68. The molecule has 0 saturated carbocycles. The van der Waals surface area contributed by atoms with Gasteiger partial charge >= 0.3 is 0 Å². The zero-order chi connectivity index (χ0) is 24.4. The molecule has 0 fully saturated rings. The maximum absolute atomic E-state index is 13.9. The zero-order valence-corrected chi connectivity index (χ0v) is 20.4. The summed E-state index contributed by atoms with van der Waals surface area (Å²) in [4.78, 5) is 42.7. The molecule has 4 rings (SSSR count). The summed E-state index contributed by atoms with van der Waals surface area (Å²) in [5, 5.41) is 0. The molecule has 34 heavy (non-hydrogen) atoms. The number of carbonyl (C=O) groups is 3. The van der Waals surface area contributed by atoms with Gasteiger partial charge in [0.25, 0.3) is 5.91 Å². The molecule has 2 aliphatic heterocycles. The highest BCUT2D eigenvalue weighted by molar-refractivity contribution is 7.98. The van der Waals surface area contributed by atoms with Crippen molar-refractivity contribution in [3.8, 4) is 11.5 Å². The number of primary amides is 1. The van der Waals surface area contributed by atoms with Crippen LogP contribution in [0.25, 0.3) is 0 Å². The van der Waals surface area contributed by atoms with Crippen LogP contribution in [0, 0.1) is 0 Å². The molecule has 0 radical (unpaired) electrons. The Hall–Kier alpha value is -3.20. The smallest absolute Gasteiger partial charge is 0.255 e. The van der Waals surface area contributed by atoms with Crippen LogP contribution in [0.1, 0.15) is 33.5 Å². The molecule has 0 spiro atoms. The molecule has 9 heteroatoms. The topological polar surface area (TPSA) is 102 Å².